The number of amides is 1. The number of ether oxygens (including phenoxy) is 1. The Bertz CT molecular complexity index is 528. The summed E-state index contributed by atoms with van der Waals surface area (Å²) in [4.78, 5) is 22.7. The number of halogens is 1. The van der Waals surface area contributed by atoms with Gasteiger partial charge in [0, 0.05) is 5.02 Å². The Labute approximate surface area is 128 Å². The van der Waals surface area contributed by atoms with E-state index in [1.807, 2.05) is 0 Å². The molecule has 1 amide bonds. The third kappa shape index (κ3) is 4.63. The van der Waals surface area contributed by atoms with Crippen molar-refractivity contribution in [3.63, 3.8) is 0 Å². The van der Waals surface area contributed by atoms with Crippen LogP contribution in [0.15, 0.2) is 24.3 Å². The zero-order valence-electron chi connectivity index (χ0n) is 11.6. The molecule has 6 heteroatoms. The van der Waals surface area contributed by atoms with Gasteiger partial charge in [-0.1, -0.05) is 17.7 Å². The van der Waals surface area contributed by atoms with Crippen molar-refractivity contribution in [2.24, 2.45) is 0 Å². The summed E-state index contributed by atoms with van der Waals surface area (Å²) in [6.07, 6.45) is 2.56. The van der Waals surface area contributed by atoms with Crippen LogP contribution in [0.4, 0.5) is 0 Å². The first kappa shape index (κ1) is 15.6. The van der Waals surface area contributed by atoms with Crippen molar-refractivity contribution in [1.82, 2.24) is 5.32 Å². The second kappa shape index (κ2) is 6.80. The molecule has 114 valence electrons. The highest BCUT2D eigenvalue weighted by molar-refractivity contribution is 6.30. The predicted octanol–water partition coefficient (Wildman–Crippen LogP) is 2.62. The van der Waals surface area contributed by atoms with Gasteiger partial charge < -0.3 is 15.2 Å². The molecule has 5 nitrogen and oxygen atoms in total. The van der Waals surface area contributed by atoms with Crippen LogP contribution >= 0.6 is 11.6 Å². The molecule has 0 atom stereocenters. The summed E-state index contributed by atoms with van der Waals surface area (Å²) in [6.45, 7) is 0.231. The van der Waals surface area contributed by atoms with Gasteiger partial charge in [-0.25, -0.2) is 0 Å². The molecule has 1 saturated carbocycles. The molecule has 0 spiro atoms. The summed E-state index contributed by atoms with van der Waals surface area (Å²) in [7, 11) is 0. The largest absolute Gasteiger partial charge is 0.493 e. The van der Waals surface area contributed by atoms with Crippen LogP contribution in [0.25, 0.3) is 0 Å². The van der Waals surface area contributed by atoms with Crippen LogP contribution in [0.3, 0.4) is 0 Å². The molecule has 2 N–H and O–H groups in total. The molecule has 0 unspecified atom stereocenters. The second-order valence-corrected chi connectivity index (χ2v) is 5.74. The van der Waals surface area contributed by atoms with Crippen LogP contribution in [-0.2, 0) is 9.59 Å². The van der Waals surface area contributed by atoms with E-state index in [2.05, 4.69) is 5.32 Å². The van der Waals surface area contributed by atoms with E-state index < -0.39 is 11.5 Å². The van der Waals surface area contributed by atoms with Crippen LogP contribution < -0.4 is 10.1 Å². The molecule has 21 heavy (non-hydrogen) atoms. The normalized spacial score (nSPS) is 15.9. The smallest absolute Gasteiger partial charge is 0.305 e. The lowest BCUT2D eigenvalue weighted by Crippen LogP contribution is -2.54. The Morgan fingerprint density at radius 2 is 2.14 bits per heavy atom. The maximum Gasteiger partial charge on any atom is 0.305 e. The fourth-order valence-corrected chi connectivity index (χ4v) is 2.60. The van der Waals surface area contributed by atoms with Gasteiger partial charge in [-0.2, -0.15) is 0 Å². The summed E-state index contributed by atoms with van der Waals surface area (Å²) in [5, 5.41) is 12.3. The van der Waals surface area contributed by atoms with E-state index in [0.717, 1.165) is 19.3 Å². The molecule has 0 saturated heterocycles. The Balaban J connectivity index is 1.76. The predicted molar refractivity (Wildman–Crippen MR) is 78.5 cm³/mol. The minimum Gasteiger partial charge on any atom is -0.493 e. The van der Waals surface area contributed by atoms with Gasteiger partial charge in [0.15, 0.2) is 0 Å². The van der Waals surface area contributed by atoms with Crippen molar-refractivity contribution in [2.45, 2.75) is 37.6 Å². The van der Waals surface area contributed by atoms with E-state index in [1.54, 1.807) is 24.3 Å². The molecule has 1 aromatic rings. The third-order valence-corrected chi connectivity index (χ3v) is 3.83. The van der Waals surface area contributed by atoms with Crippen LogP contribution in [0.5, 0.6) is 5.75 Å². The lowest BCUT2D eigenvalue weighted by atomic mass is 9.74. The highest BCUT2D eigenvalue weighted by Gasteiger charge is 2.40. The molecule has 1 aromatic carbocycles. The van der Waals surface area contributed by atoms with E-state index in [4.69, 9.17) is 21.4 Å². The van der Waals surface area contributed by atoms with Gasteiger partial charge in [-0.3, -0.25) is 9.59 Å². The standard InChI is InChI=1S/C15H18ClNO4/c16-11-3-1-4-12(9-11)21-8-5-13(18)17-15(6-2-7-15)10-14(19)20/h1,3-4,9H,2,5-8,10H2,(H,17,18)(H,19,20). The molecular formula is C15H18ClNO4. The van der Waals surface area contributed by atoms with E-state index in [0.29, 0.717) is 10.8 Å². The summed E-state index contributed by atoms with van der Waals surface area (Å²) in [5.74, 6) is -0.456. The van der Waals surface area contributed by atoms with Crippen molar-refractivity contribution >= 4 is 23.5 Å². The second-order valence-electron chi connectivity index (χ2n) is 5.31. The van der Waals surface area contributed by atoms with Crippen LogP contribution in [0.2, 0.25) is 5.02 Å². The lowest BCUT2D eigenvalue weighted by molar-refractivity contribution is -0.140. The lowest BCUT2D eigenvalue weighted by Gasteiger charge is -2.41. The number of carboxylic acids is 1. The Morgan fingerprint density at radius 3 is 2.71 bits per heavy atom. The first-order valence-electron chi connectivity index (χ1n) is 6.90. The molecule has 0 aliphatic heterocycles. The van der Waals surface area contributed by atoms with Crippen LogP contribution in [-0.4, -0.2) is 29.1 Å². The van der Waals surface area contributed by atoms with Gasteiger partial charge in [0.2, 0.25) is 5.91 Å². The summed E-state index contributed by atoms with van der Waals surface area (Å²) >= 11 is 5.83. The Morgan fingerprint density at radius 1 is 1.38 bits per heavy atom. The SMILES string of the molecule is O=C(O)CC1(NC(=O)CCOc2cccc(Cl)c2)CCC1. The van der Waals surface area contributed by atoms with Gasteiger partial charge in [0.1, 0.15) is 5.75 Å². The Hall–Kier alpha value is -1.75. The number of benzene rings is 1. The van der Waals surface area contributed by atoms with Gasteiger partial charge in [0.25, 0.3) is 0 Å². The zero-order valence-corrected chi connectivity index (χ0v) is 12.4. The summed E-state index contributed by atoms with van der Waals surface area (Å²) in [5.41, 5.74) is -0.557. The minimum atomic E-state index is -0.884. The monoisotopic (exact) mass is 311 g/mol. The fraction of sp³-hybridized carbons (Fsp3) is 0.467. The van der Waals surface area contributed by atoms with Crippen LogP contribution in [0.1, 0.15) is 32.1 Å². The van der Waals surface area contributed by atoms with Crippen LogP contribution in [0, 0.1) is 0 Å². The van der Waals surface area contributed by atoms with E-state index in [9.17, 15) is 9.59 Å². The number of carboxylic acid groups (broad SMARTS) is 1. The van der Waals surface area contributed by atoms with Crippen molar-refractivity contribution in [3.8, 4) is 5.75 Å². The highest BCUT2D eigenvalue weighted by atomic mass is 35.5. The molecule has 1 fully saturated rings. The average Bonchev–Trinajstić information content (AvgIpc) is 2.35. The topological polar surface area (TPSA) is 75.6 Å². The van der Waals surface area contributed by atoms with Crippen molar-refractivity contribution in [1.29, 1.82) is 0 Å². The number of hydrogen-bond donors (Lipinski definition) is 2. The van der Waals surface area contributed by atoms with Gasteiger partial charge in [-0.05, 0) is 37.5 Å². The van der Waals surface area contributed by atoms with Gasteiger partial charge >= 0.3 is 5.97 Å². The van der Waals surface area contributed by atoms with E-state index in [1.165, 1.54) is 0 Å². The number of hydrogen-bond acceptors (Lipinski definition) is 3. The number of rotatable bonds is 7. The molecule has 0 radical (unpaired) electrons. The molecule has 0 aromatic heterocycles. The maximum absolute atomic E-state index is 11.9. The fourth-order valence-electron chi connectivity index (χ4n) is 2.42. The molecule has 1 aliphatic carbocycles. The van der Waals surface area contributed by atoms with Crippen molar-refractivity contribution < 1.29 is 19.4 Å². The number of carbonyl (C=O) groups excluding carboxylic acids is 1. The number of carbonyl (C=O) groups is 2. The molecule has 0 heterocycles. The van der Waals surface area contributed by atoms with Gasteiger partial charge in [-0.15, -0.1) is 0 Å². The summed E-state index contributed by atoms with van der Waals surface area (Å²) in [6, 6.07) is 6.96. The quantitative estimate of drug-likeness (QED) is 0.811. The number of aliphatic carboxylic acids is 1. The number of nitrogens with one attached hydrogen (secondary N) is 1. The van der Waals surface area contributed by atoms with E-state index in [-0.39, 0.29) is 25.4 Å². The van der Waals surface area contributed by atoms with E-state index >= 15 is 0 Å². The molecule has 2 rings (SSSR count). The van der Waals surface area contributed by atoms with Crippen molar-refractivity contribution in [3.05, 3.63) is 29.3 Å². The average molecular weight is 312 g/mol. The third-order valence-electron chi connectivity index (χ3n) is 3.60. The highest BCUT2D eigenvalue weighted by Crippen LogP contribution is 2.34. The van der Waals surface area contributed by atoms with Crippen molar-refractivity contribution in [2.75, 3.05) is 6.61 Å². The summed E-state index contributed by atoms with van der Waals surface area (Å²) < 4.78 is 5.44. The molecule has 1 aliphatic rings. The first-order valence-corrected chi connectivity index (χ1v) is 7.28. The minimum absolute atomic E-state index is 0.0200. The van der Waals surface area contributed by atoms with Gasteiger partial charge in [0.05, 0.1) is 25.0 Å². The first-order chi connectivity index (χ1) is 9.99. The maximum atomic E-state index is 11.9. The molecular weight excluding hydrogens is 294 g/mol. The Kier molecular flexibility index (Phi) is 5.07. The zero-order chi connectivity index (χ0) is 15.3. The molecule has 0 bridgehead atoms.